The topological polar surface area (TPSA) is 64.4 Å². The summed E-state index contributed by atoms with van der Waals surface area (Å²) < 4.78 is 0. The molecule has 0 amide bonds. The summed E-state index contributed by atoms with van der Waals surface area (Å²) in [4.78, 5) is 4.13. The summed E-state index contributed by atoms with van der Waals surface area (Å²) in [5.74, 6) is 0.217. The zero-order valence-electron chi connectivity index (χ0n) is 12.5. The molecular formula is C15H33N3. The summed E-state index contributed by atoms with van der Waals surface area (Å²) in [6.45, 7) is 4.34. The molecule has 0 aliphatic carbocycles. The van der Waals surface area contributed by atoms with Crippen LogP contribution in [0.4, 0.5) is 0 Å². The third-order valence-corrected chi connectivity index (χ3v) is 3.34. The Morgan fingerprint density at radius 3 is 1.72 bits per heavy atom. The Labute approximate surface area is 113 Å². The highest BCUT2D eigenvalue weighted by Gasteiger charge is 1.99. The average Bonchev–Trinajstić information content (AvgIpc) is 2.30. The third kappa shape index (κ3) is 13.3. The van der Waals surface area contributed by atoms with Crippen molar-refractivity contribution in [2.24, 2.45) is 16.5 Å². The number of aliphatic imine (C=N–C) groups is 1. The maximum absolute atomic E-state index is 5.34. The molecule has 3 nitrogen and oxygen atoms in total. The van der Waals surface area contributed by atoms with E-state index in [1.54, 1.807) is 0 Å². The molecule has 0 aromatic heterocycles. The normalized spacial score (nSPS) is 12.3. The van der Waals surface area contributed by atoms with Crippen molar-refractivity contribution in [1.29, 1.82) is 0 Å². The highest BCUT2D eigenvalue weighted by molar-refractivity contribution is 5.75. The van der Waals surface area contributed by atoms with Gasteiger partial charge in [0.25, 0.3) is 0 Å². The van der Waals surface area contributed by atoms with Gasteiger partial charge in [0.15, 0.2) is 5.96 Å². The number of guanidine groups is 1. The fraction of sp³-hybridized carbons (Fsp3) is 0.933. The van der Waals surface area contributed by atoms with Gasteiger partial charge in [0.1, 0.15) is 0 Å². The molecule has 0 saturated heterocycles. The Morgan fingerprint density at radius 2 is 1.28 bits per heavy atom. The minimum absolute atomic E-state index is 0.217. The van der Waals surface area contributed by atoms with Gasteiger partial charge in [-0.25, -0.2) is 0 Å². The predicted octanol–water partition coefficient (Wildman–Crippen LogP) is 3.96. The van der Waals surface area contributed by atoms with E-state index in [1.807, 2.05) is 0 Å². The van der Waals surface area contributed by atoms with Crippen molar-refractivity contribution in [3.05, 3.63) is 0 Å². The van der Waals surface area contributed by atoms with Crippen molar-refractivity contribution in [1.82, 2.24) is 0 Å². The van der Waals surface area contributed by atoms with Gasteiger partial charge in [-0.15, -0.1) is 0 Å². The first-order valence-electron chi connectivity index (χ1n) is 7.75. The van der Waals surface area contributed by atoms with Gasteiger partial charge in [-0.2, -0.15) is 0 Å². The summed E-state index contributed by atoms with van der Waals surface area (Å²) in [5.41, 5.74) is 10.7. The van der Waals surface area contributed by atoms with Gasteiger partial charge in [-0.3, -0.25) is 4.99 Å². The summed E-state index contributed by atoms with van der Waals surface area (Å²) in [6.07, 6.45) is 14.8. The zero-order chi connectivity index (χ0) is 13.6. The van der Waals surface area contributed by atoms with Crippen molar-refractivity contribution < 1.29 is 0 Å². The second-order valence-corrected chi connectivity index (χ2v) is 5.37. The Bertz CT molecular complexity index is 198. The molecule has 0 aliphatic rings. The second kappa shape index (κ2) is 12.7. The van der Waals surface area contributed by atoms with E-state index in [0.29, 0.717) is 0 Å². The summed E-state index contributed by atoms with van der Waals surface area (Å²) in [6, 6.07) is 0.282. The monoisotopic (exact) mass is 255 g/mol. The highest BCUT2D eigenvalue weighted by atomic mass is 15.0. The third-order valence-electron chi connectivity index (χ3n) is 3.34. The van der Waals surface area contributed by atoms with Crippen LogP contribution >= 0.6 is 0 Å². The maximum Gasteiger partial charge on any atom is 0.186 e. The van der Waals surface area contributed by atoms with Crippen molar-refractivity contribution in [3.8, 4) is 0 Å². The summed E-state index contributed by atoms with van der Waals surface area (Å²) in [5, 5.41) is 0. The standard InChI is InChI=1S/C15H33N3/c1-3-4-5-6-7-8-9-10-11-12-13-14(2)18-15(16)17/h14H,3-13H2,1-2H3,(H4,16,17,18). The fourth-order valence-electron chi connectivity index (χ4n) is 2.25. The molecule has 0 radical (unpaired) electrons. The van der Waals surface area contributed by atoms with Crippen LogP contribution < -0.4 is 11.5 Å². The van der Waals surface area contributed by atoms with E-state index in [4.69, 9.17) is 11.5 Å². The molecule has 0 bridgehead atoms. The molecule has 0 spiro atoms. The van der Waals surface area contributed by atoms with E-state index in [2.05, 4.69) is 18.8 Å². The number of nitrogens with two attached hydrogens (primary N) is 2. The molecule has 0 saturated carbocycles. The molecule has 4 N–H and O–H groups in total. The van der Waals surface area contributed by atoms with E-state index < -0.39 is 0 Å². The Hall–Kier alpha value is -0.730. The van der Waals surface area contributed by atoms with Crippen LogP contribution in [0.25, 0.3) is 0 Å². The maximum atomic E-state index is 5.34. The van der Waals surface area contributed by atoms with Gasteiger partial charge in [0.05, 0.1) is 6.04 Å². The molecule has 108 valence electrons. The Balaban J connectivity index is 3.14. The molecule has 0 fully saturated rings. The van der Waals surface area contributed by atoms with E-state index in [-0.39, 0.29) is 12.0 Å². The van der Waals surface area contributed by atoms with E-state index in [1.165, 1.54) is 64.2 Å². The molecule has 0 rings (SSSR count). The fourth-order valence-corrected chi connectivity index (χ4v) is 2.25. The van der Waals surface area contributed by atoms with Crippen LogP contribution in [0.3, 0.4) is 0 Å². The van der Waals surface area contributed by atoms with Crippen molar-refractivity contribution >= 4 is 5.96 Å². The minimum Gasteiger partial charge on any atom is -0.370 e. The van der Waals surface area contributed by atoms with Crippen molar-refractivity contribution in [2.45, 2.75) is 90.5 Å². The van der Waals surface area contributed by atoms with Crippen LogP contribution in [0.2, 0.25) is 0 Å². The molecule has 18 heavy (non-hydrogen) atoms. The molecule has 1 atom stereocenters. The van der Waals surface area contributed by atoms with E-state index in [0.717, 1.165) is 6.42 Å². The first-order chi connectivity index (χ1) is 8.66. The number of hydrogen-bond donors (Lipinski definition) is 2. The summed E-state index contributed by atoms with van der Waals surface area (Å²) >= 11 is 0. The van der Waals surface area contributed by atoms with Crippen LogP contribution in [0.5, 0.6) is 0 Å². The molecule has 0 heterocycles. The van der Waals surface area contributed by atoms with E-state index in [9.17, 15) is 0 Å². The number of unbranched alkanes of at least 4 members (excludes halogenated alkanes) is 9. The molecule has 3 heteroatoms. The van der Waals surface area contributed by atoms with Gasteiger partial charge in [-0.05, 0) is 13.3 Å². The first kappa shape index (κ1) is 17.3. The second-order valence-electron chi connectivity index (χ2n) is 5.37. The molecule has 0 aliphatic heterocycles. The lowest BCUT2D eigenvalue weighted by atomic mass is 10.0. The molecule has 0 aromatic carbocycles. The Morgan fingerprint density at radius 1 is 0.833 bits per heavy atom. The lowest BCUT2D eigenvalue weighted by molar-refractivity contribution is 0.533. The zero-order valence-corrected chi connectivity index (χ0v) is 12.5. The number of hydrogen-bond acceptors (Lipinski definition) is 1. The van der Waals surface area contributed by atoms with Gasteiger partial charge in [0.2, 0.25) is 0 Å². The van der Waals surface area contributed by atoms with Crippen molar-refractivity contribution in [3.63, 3.8) is 0 Å². The molecule has 0 aromatic rings. The molecule has 1 unspecified atom stereocenters. The minimum atomic E-state index is 0.217. The van der Waals surface area contributed by atoms with Gasteiger partial charge in [0, 0.05) is 0 Å². The summed E-state index contributed by atoms with van der Waals surface area (Å²) in [7, 11) is 0. The van der Waals surface area contributed by atoms with Gasteiger partial charge < -0.3 is 11.5 Å². The average molecular weight is 255 g/mol. The van der Waals surface area contributed by atoms with Gasteiger partial charge in [-0.1, -0.05) is 71.1 Å². The molecular weight excluding hydrogens is 222 g/mol. The van der Waals surface area contributed by atoms with E-state index >= 15 is 0 Å². The lowest BCUT2D eigenvalue weighted by Gasteiger charge is -2.06. The SMILES string of the molecule is CCCCCCCCCCCCC(C)N=C(N)N. The lowest BCUT2D eigenvalue weighted by Crippen LogP contribution is -2.24. The van der Waals surface area contributed by atoms with Crippen LogP contribution in [-0.2, 0) is 0 Å². The van der Waals surface area contributed by atoms with Crippen LogP contribution in [0.15, 0.2) is 4.99 Å². The van der Waals surface area contributed by atoms with Crippen molar-refractivity contribution in [2.75, 3.05) is 0 Å². The largest absolute Gasteiger partial charge is 0.370 e. The first-order valence-corrected chi connectivity index (χ1v) is 7.75. The van der Waals surface area contributed by atoms with Crippen LogP contribution in [0, 0.1) is 0 Å². The number of rotatable bonds is 12. The highest BCUT2D eigenvalue weighted by Crippen LogP contribution is 2.12. The quantitative estimate of drug-likeness (QED) is 0.315. The Kier molecular flexibility index (Phi) is 12.2. The smallest absolute Gasteiger partial charge is 0.186 e. The van der Waals surface area contributed by atoms with Crippen LogP contribution in [-0.4, -0.2) is 12.0 Å². The van der Waals surface area contributed by atoms with Crippen LogP contribution in [0.1, 0.15) is 84.5 Å². The number of nitrogens with zero attached hydrogens (tertiary/aromatic N) is 1. The van der Waals surface area contributed by atoms with Gasteiger partial charge >= 0.3 is 0 Å². The predicted molar refractivity (Wildman–Crippen MR) is 81.7 cm³/mol.